The van der Waals surface area contributed by atoms with Crippen LogP contribution in [-0.2, 0) is 4.74 Å². The van der Waals surface area contributed by atoms with Crippen LogP contribution in [0.25, 0.3) is 32.8 Å². The van der Waals surface area contributed by atoms with Gasteiger partial charge in [-0.1, -0.05) is 67.6 Å². The van der Waals surface area contributed by atoms with Gasteiger partial charge in [-0.05, 0) is 88.6 Å². The number of hydrogen-bond acceptors (Lipinski definition) is 3. The van der Waals surface area contributed by atoms with Crippen LogP contribution >= 0.6 is 0 Å². The number of ether oxygens (including phenoxy) is 1. The molecule has 0 saturated carbocycles. The van der Waals surface area contributed by atoms with E-state index in [1.807, 2.05) is 29.1 Å². The highest BCUT2D eigenvalue weighted by atomic mass is 16.5. The fourth-order valence-corrected chi connectivity index (χ4v) is 5.53. The molecule has 0 aliphatic carbocycles. The number of aromatic nitrogens is 2. The number of rotatable bonds is 6. The Balaban J connectivity index is 1.53. The highest BCUT2D eigenvalue weighted by molar-refractivity contribution is 6.02. The van der Waals surface area contributed by atoms with Crippen molar-refractivity contribution < 1.29 is 9.53 Å². The number of aldehydes is 1. The number of fused-ring (bicyclic) bond motifs is 2. The Labute approximate surface area is 217 Å². The van der Waals surface area contributed by atoms with Gasteiger partial charge in [0.05, 0.1) is 11.7 Å². The molecule has 5 aromatic rings. The van der Waals surface area contributed by atoms with Crippen molar-refractivity contribution in [3.63, 3.8) is 0 Å². The van der Waals surface area contributed by atoms with Crippen LogP contribution in [0.3, 0.4) is 0 Å². The van der Waals surface area contributed by atoms with Gasteiger partial charge in [0.15, 0.2) is 6.23 Å². The van der Waals surface area contributed by atoms with Crippen molar-refractivity contribution in [2.75, 3.05) is 6.61 Å². The minimum atomic E-state index is 0.0133. The maximum absolute atomic E-state index is 11.3. The zero-order valence-corrected chi connectivity index (χ0v) is 21.1. The van der Waals surface area contributed by atoms with Crippen LogP contribution in [0.2, 0.25) is 0 Å². The van der Waals surface area contributed by atoms with Crippen LogP contribution in [0.15, 0.2) is 91.1 Å². The van der Waals surface area contributed by atoms with Gasteiger partial charge < -0.3 is 4.74 Å². The number of allylic oxidation sites excluding steroid dienone is 1. The van der Waals surface area contributed by atoms with Crippen LogP contribution in [0, 0.1) is 0 Å². The zero-order chi connectivity index (χ0) is 25.2. The van der Waals surface area contributed by atoms with E-state index in [9.17, 15) is 4.79 Å². The average Bonchev–Trinajstić information content (AvgIpc) is 3.39. The molecule has 4 heteroatoms. The van der Waals surface area contributed by atoms with Gasteiger partial charge in [-0.3, -0.25) is 4.79 Å². The summed E-state index contributed by atoms with van der Waals surface area (Å²) in [7, 11) is 0. The van der Waals surface area contributed by atoms with Gasteiger partial charge in [-0.25, -0.2) is 4.68 Å². The van der Waals surface area contributed by atoms with E-state index in [4.69, 9.17) is 9.84 Å². The number of carbonyl (C=O) groups excluding carboxylic acids is 1. The number of nitrogens with zero attached hydrogens (tertiary/aromatic N) is 2. The lowest BCUT2D eigenvalue weighted by molar-refractivity contribution is -0.0366. The summed E-state index contributed by atoms with van der Waals surface area (Å²) in [5, 5.41) is 8.02. The Bertz CT molecular complexity index is 1610. The molecule has 0 bridgehead atoms. The second-order valence-electron chi connectivity index (χ2n) is 9.70. The Morgan fingerprint density at radius 1 is 0.892 bits per heavy atom. The molecule has 1 saturated heterocycles. The lowest BCUT2D eigenvalue weighted by Crippen LogP contribution is -2.18. The van der Waals surface area contributed by atoms with Gasteiger partial charge in [0.1, 0.15) is 6.29 Å². The van der Waals surface area contributed by atoms with E-state index >= 15 is 0 Å². The lowest BCUT2D eigenvalue weighted by atomic mass is 9.87. The van der Waals surface area contributed by atoms with E-state index in [0.29, 0.717) is 5.56 Å². The summed E-state index contributed by atoms with van der Waals surface area (Å²) in [5.74, 6) is 0. The highest BCUT2D eigenvalue weighted by Gasteiger charge is 2.20. The Morgan fingerprint density at radius 2 is 1.65 bits per heavy atom. The molecule has 1 fully saturated rings. The SMILES string of the molecule is CC/C(=C(/c1ccc2cc(C=O)ccc2c1)c1ccc2c(cnn2C2CCCCO2)c1)c1ccccc1. The first kappa shape index (κ1) is 23.4. The fraction of sp³-hybridized carbons (Fsp3) is 0.212. The van der Waals surface area contributed by atoms with Crippen molar-refractivity contribution in [2.24, 2.45) is 0 Å². The topological polar surface area (TPSA) is 44.1 Å². The Hall–Kier alpha value is -4.02. The normalized spacial score (nSPS) is 16.6. The molecule has 0 N–H and O–H groups in total. The van der Waals surface area contributed by atoms with Gasteiger partial charge in [0, 0.05) is 17.6 Å². The van der Waals surface area contributed by atoms with Crippen LogP contribution < -0.4 is 0 Å². The molecule has 0 amide bonds. The van der Waals surface area contributed by atoms with Gasteiger partial charge in [-0.15, -0.1) is 0 Å². The summed E-state index contributed by atoms with van der Waals surface area (Å²) in [5.41, 5.74) is 7.87. The summed E-state index contributed by atoms with van der Waals surface area (Å²) < 4.78 is 8.06. The molecule has 37 heavy (non-hydrogen) atoms. The third-order valence-corrected chi connectivity index (χ3v) is 7.38. The van der Waals surface area contributed by atoms with Crippen molar-refractivity contribution in [3.05, 3.63) is 113 Å². The first-order valence-electron chi connectivity index (χ1n) is 13.1. The van der Waals surface area contributed by atoms with Crippen molar-refractivity contribution in [1.82, 2.24) is 9.78 Å². The average molecular weight is 487 g/mol. The molecular formula is C33H30N2O2. The van der Waals surface area contributed by atoms with Crippen LogP contribution in [-0.4, -0.2) is 22.7 Å². The lowest BCUT2D eigenvalue weighted by Gasteiger charge is -2.23. The smallest absolute Gasteiger partial charge is 0.150 e. The maximum atomic E-state index is 11.3. The quantitative estimate of drug-likeness (QED) is 0.180. The molecule has 1 aromatic heterocycles. The molecule has 4 nitrogen and oxygen atoms in total. The Kier molecular flexibility index (Phi) is 6.42. The molecule has 6 rings (SSSR count). The molecule has 0 spiro atoms. The molecule has 1 aliphatic heterocycles. The zero-order valence-electron chi connectivity index (χ0n) is 21.1. The fourth-order valence-electron chi connectivity index (χ4n) is 5.53. The second kappa shape index (κ2) is 10.2. The number of carbonyl (C=O) groups is 1. The van der Waals surface area contributed by atoms with Gasteiger partial charge in [0.25, 0.3) is 0 Å². The van der Waals surface area contributed by atoms with Crippen molar-refractivity contribution in [3.8, 4) is 0 Å². The predicted octanol–water partition coefficient (Wildman–Crippen LogP) is 8.07. The van der Waals surface area contributed by atoms with Crippen LogP contribution in [0.1, 0.15) is 65.9 Å². The standard InChI is InChI=1S/C33H30N2O2/c1-2-30(24-8-4-3-5-9-24)33(27-14-13-25-18-23(22-36)11-12-26(25)19-27)28-15-16-31-29(20-28)21-34-35(31)32-10-6-7-17-37-32/h3-5,8-9,11-16,18-22,32H,2,6-7,10,17H2,1H3/b33-30+. The van der Waals surface area contributed by atoms with Crippen LogP contribution in [0.4, 0.5) is 0 Å². The summed E-state index contributed by atoms with van der Waals surface area (Å²) in [6.07, 6.45) is 7.06. The van der Waals surface area contributed by atoms with E-state index in [1.165, 1.54) is 28.7 Å². The van der Waals surface area contributed by atoms with Gasteiger partial charge >= 0.3 is 0 Å². The minimum Gasteiger partial charge on any atom is -0.356 e. The van der Waals surface area contributed by atoms with E-state index in [0.717, 1.165) is 59.4 Å². The predicted molar refractivity (Wildman–Crippen MR) is 151 cm³/mol. The summed E-state index contributed by atoms with van der Waals surface area (Å²) in [4.78, 5) is 11.3. The third-order valence-electron chi connectivity index (χ3n) is 7.38. The molecule has 1 aliphatic rings. The number of hydrogen-bond donors (Lipinski definition) is 0. The van der Waals surface area contributed by atoms with Gasteiger partial charge in [-0.2, -0.15) is 5.10 Å². The maximum Gasteiger partial charge on any atom is 0.150 e. The van der Waals surface area contributed by atoms with Gasteiger partial charge in [0.2, 0.25) is 0 Å². The second-order valence-corrected chi connectivity index (χ2v) is 9.70. The molecule has 4 aromatic carbocycles. The summed E-state index contributed by atoms with van der Waals surface area (Å²) in [6, 6.07) is 29.7. The molecular weight excluding hydrogens is 456 g/mol. The summed E-state index contributed by atoms with van der Waals surface area (Å²) in [6.45, 7) is 3.01. The number of benzene rings is 4. The molecule has 1 atom stereocenters. The third kappa shape index (κ3) is 4.49. The van der Waals surface area contributed by atoms with E-state index in [1.54, 1.807) is 0 Å². The minimum absolute atomic E-state index is 0.0133. The van der Waals surface area contributed by atoms with E-state index in [-0.39, 0.29) is 6.23 Å². The van der Waals surface area contributed by atoms with Crippen molar-refractivity contribution >= 4 is 39.1 Å². The molecule has 0 radical (unpaired) electrons. The van der Waals surface area contributed by atoms with E-state index in [2.05, 4.69) is 73.7 Å². The molecule has 184 valence electrons. The van der Waals surface area contributed by atoms with E-state index < -0.39 is 0 Å². The van der Waals surface area contributed by atoms with Crippen LogP contribution in [0.5, 0.6) is 0 Å². The largest absolute Gasteiger partial charge is 0.356 e. The van der Waals surface area contributed by atoms with Crippen molar-refractivity contribution in [2.45, 2.75) is 38.8 Å². The molecule has 1 unspecified atom stereocenters. The monoisotopic (exact) mass is 486 g/mol. The molecule has 2 heterocycles. The first-order valence-corrected chi connectivity index (χ1v) is 13.1. The van der Waals surface area contributed by atoms with Crippen molar-refractivity contribution in [1.29, 1.82) is 0 Å². The summed E-state index contributed by atoms with van der Waals surface area (Å²) >= 11 is 0. The Morgan fingerprint density at radius 3 is 2.41 bits per heavy atom. The highest BCUT2D eigenvalue weighted by Crippen LogP contribution is 2.37. The first-order chi connectivity index (χ1) is 18.2.